The quantitative estimate of drug-likeness (QED) is 0.691. The van der Waals surface area contributed by atoms with E-state index in [0.717, 1.165) is 5.56 Å². The van der Waals surface area contributed by atoms with Gasteiger partial charge in [-0.05, 0) is 19.1 Å². The molecule has 0 aromatic heterocycles. The van der Waals surface area contributed by atoms with Crippen LogP contribution in [0.5, 0.6) is 0 Å². The zero-order valence-electron chi connectivity index (χ0n) is 7.90. The summed E-state index contributed by atoms with van der Waals surface area (Å²) in [5, 5.41) is 16.0. The molecule has 1 aromatic rings. The second-order valence-corrected chi connectivity index (χ2v) is 2.58. The first-order valence-corrected chi connectivity index (χ1v) is 3.98. The van der Waals surface area contributed by atoms with E-state index in [1.54, 1.807) is 0 Å². The van der Waals surface area contributed by atoms with Crippen molar-refractivity contribution >= 4 is 5.97 Å². The molecule has 0 bridgehead atoms. The van der Waals surface area contributed by atoms with Crippen molar-refractivity contribution in [2.45, 2.75) is 6.92 Å². The fourth-order valence-corrected chi connectivity index (χ4v) is 0.628. The number of carboxylic acids is 1. The monoisotopic (exact) mass is 192 g/mol. The molecule has 0 saturated carbocycles. The van der Waals surface area contributed by atoms with Crippen LogP contribution in [0.4, 0.5) is 0 Å². The predicted molar refractivity (Wildman–Crippen MR) is 52.6 cm³/mol. The lowest BCUT2D eigenvalue weighted by atomic mass is 10.2. The van der Waals surface area contributed by atoms with Crippen LogP contribution in [0.3, 0.4) is 0 Å². The van der Waals surface area contributed by atoms with Crippen molar-refractivity contribution < 1.29 is 9.90 Å². The van der Waals surface area contributed by atoms with Gasteiger partial charge in [0.25, 0.3) is 0 Å². The zero-order chi connectivity index (χ0) is 11.0. The van der Waals surface area contributed by atoms with E-state index in [9.17, 15) is 4.79 Å². The van der Waals surface area contributed by atoms with Crippen LogP contribution in [0.15, 0.2) is 24.3 Å². The summed E-state index contributed by atoms with van der Waals surface area (Å²) in [6.45, 7) is 1.72. The van der Waals surface area contributed by atoms with Crippen molar-refractivity contribution in [2.75, 3.05) is 6.54 Å². The van der Waals surface area contributed by atoms with E-state index in [4.69, 9.17) is 10.4 Å². The minimum Gasteiger partial charge on any atom is -0.480 e. The Morgan fingerprint density at radius 1 is 1.50 bits per heavy atom. The number of nitriles is 1. The molecule has 0 spiro atoms. The van der Waals surface area contributed by atoms with Crippen LogP contribution in [0, 0.1) is 18.3 Å². The first-order valence-electron chi connectivity index (χ1n) is 3.98. The van der Waals surface area contributed by atoms with Gasteiger partial charge in [0.05, 0.1) is 18.2 Å². The Morgan fingerprint density at radius 3 is 2.21 bits per heavy atom. The molecule has 0 aliphatic carbocycles. The standard InChI is InChI=1S/C8H7N.C2H5NO2/c1-7-2-4-8(6-9)5-3-7;3-1-2(4)5/h2-5H,1H3;1,3H2,(H,4,5). The lowest BCUT2D eigenvalue weighted by Crippen LogP contribution is -2.10. The fraction of sp³-hybridized carbons (Fsp3) is 0.200. The van der Waals surface area contributed by atoms with Crippen molar-refractivity contribution in [3.8, 4) is 6.07 Å². The second-order valence-electron chi connectivity index (χ2n) is 2.58. The van der Waals surface area contributed by atoms with Gasteiger partial charge in [0.15, 0.2) is 0 Å². The highest BCUT2D eigenvalue weighted by atomic mass is 16.4. The summed E-state index contributed by atoms with van der Waals surface area (Å²) in [5.41, 5.74) is 6.48. The summed E-state index contributed by atoms with van der Waals surface area (Å²) < 4.78 is 0. The Morgan fingerprint density at radius 2 is 1.93 bits per heavy atom. The summed E-state index contributed by atoms with van der Waals surface area (Å²) in [4.78, 5) is 9.24. The molecule has 74 valence electrons. The number of nitrogens with two attached hydrogens (primary N) is 1. The van der Waals surface area contributed by atoms with Crippen LogP contribution in [0.25, 0.3) is 0 Å². The molecule has 0 radical (unpaired) electrons. The molecular formula is C10H12N2O2. The van der Waals surface area contributed by atoms with E-state index >= 15 is 0 Å². The molecule has 0 unspecified atom stereocenters. The summed E-state index contributed by atoms with van der Waals surface area (Å²) in [6.07, 6.45) is 0. The van der Waals surface area contributed by atoms with E-state index in [-0.39, 0.29) is 6.54 Å². The van der Waals surface area contributed by atoms with Gasteiger partial charge in [-0.1, -0.05) is 17.7 Å². The minimum atomic E-state index is -0.968. The topological polar surface area (TPSA) is 87.1 Å². The van der Waals surface area contributed by atoms with Crippen LogP contribution in [-0.4, -0.2) is 17.6 Å². The van der Waals surface area contributed by atoms with Crippen LogP contribution in [0.1, 0.15) is 11.1 Å². The van der Waals surface area contributed by atoms with Gasteiger partial charge in [-0.2, -0.15) is 5.26 Å². The second kappa shape index (κ2) is 6.63. The van der Waals surface area contributed by atoms with E-state index in [1.165, 1.54) is 5.56 Å². The van der Waals surface area contributed by atoms with Crippen molar-refractivity contribution in [3.63, 3.8) is 0 Å². The molecule has 0 atom stereocenters. The van der Waals surface area contributed by atoms with Gasteiger partial charge in [-0.3, -0.25) is 4.79 Å². The summed E-state index contributed by atoms with van der Waals surface area (Å²) in [6, 6.07) is 9.54. The van der Waals surface area contributed by atoms with Gasteiger partial charge in [0, 0.05) is 0 Å². The van der Waals surface area contributed by atoms with Gasteiger partial charge < -0.3 is 10.8 Å². The van der Waals surface area contributed by atoms with Gasteiger partial charge in [-0.15, -0.1) is 0 Å². The molecule has 0 heterocycles. The number of aliphatic carboxylic acids is 1. The fourth-order valence-electron chi connectivity index (χ4n) is 0.628. The Bertz CT molecular complexity index is 325. The van der Waals surface area contributed by atoms with Crippen LogP contribution in [0.2, 0.25) is 0 Å². The largest absolute Gasteiger partial charge is 0.480 e. The Kier molecular flexibility index (Phi) is 5.75. The Labute approximate surface area is 82.6 Å². The first-order chi connectivity index (χ1) is 6.60. The number of hydrogen-bond donors (Lipinski definition) is 2. The molecule has 1 aromatic carbocycles. The van der Waals surface area contributed by atoms with E-state index < -0.39 is 5.97 Å². The average Bonchev–Trinajstić information content (AvgIpc) is 2.20. The predicted octanol–water partition coefficient (Wildman–Crippen LogP) is 0.896. The molecule has 4 nitrogen and oxygen atoms in total. The van der Waals surface area contributed by atoms with Crippen LogP contribution >= 0.6 is 0 Å². The van der Waals surface area contributed by atoms with Gasteiger partial charge in [0.2, 0.25) is 0 Å². The molecule has 4 heteroatoms. The normalized spacial score (nSPS) is 8.07. The highest BCUT2D eigenvalue weighted by molar-refractivity contribution is 5.68. The molecule has 0 aliphatic heterocycles. The molecule has 0 aliphatic rings. The molecular weight excluding hydrogens is 180 g/mol. The smallest absolute Gasteiger partial charge is 0.317 e. The maximum absolute atomic E-state index is 9.24. The first kappa shape index (κ1) is 12.1. The minimum absolute atomic E-state index is 0.278. The molecule has 1 rings (SSSR count). The zero-order valence-corrected chi connectivity index (χ0v) is 7.90. The SMILES string of the molecule is Cc1ccc(C#N)cc1.NCC(=O)O. The maximum Gasteiger partial charge on any atom is 0.317 e. The molecule has 0 amide bonds. The lowest BCUT2D eigenvalue weighted by Gasteiger charge is -1.88. The van der Waals surface area contributed by atoms with Crippen LogP contribution in [-0.2, 0) is 4.79 Å². The average molecular weight is 192 g/mol. The van der Waals surface area contributed by atoms with Gasteiger partial charge >= 0.3 is 5.97 Å². The third kappa shape index (κ3) is 5.75. The summed E-state index contributed by atoms with van der Waals surface area (Å²) >= 11 is 0. The molecule has 0 saturated heterocycles. The third-order valence-electron chi connectivity index (χ3n) is 1.36. The Hall–Kier alpha value is -1.86. The van der Waals surface area contributed by atoms with Crippen LogP contribution < -0.4 is 5.73 Å². The number of rotatable bonds is 1. The summed E-state index contributed by atoms with van der Waals surface area (Å²) in [7, 11) is 0. The number of aryl methyl sites for hydroxylation is 1. The number of hydrogen-bond acceptors (Lipinski definition) is 3. The highest BCUT2D eigenvalue weighted by Crippen LogP contribution is 1.99. The Balaban J connectivity index is 0.000000292. The van der Waals surface area contributed by atoms with Gasteiger partial charge in [0.1, 0.15) is 0 Å². The number of benzene rings is 1. The third-order valence-corrected chi connectivity index (χ3v) is 1.36. The van der Waals surface area contributed by atoms with Crippen molar-refractivity contribution in [3.05, 3.63) is 35.4 Å². The van der Waals surface area contributed by atoms with E-state index in [1.807, 2.05) is 31.2 Å². The molecule has 14 heavy (non-hydrogen) atoms. The molecule has 0 fully saturated rings. The van der Waals surface area contributed by atoms with E-state index in [0.29, 0.717) is 0 Å². The van der Waals surface area contributed by atoms with Crippen molar-refractivity contribution in [1.29, 1.82) is 5.26 Å². The van der Waals surface area contributed by atoms with E-state index in [2.05, 4.69) is 11.8 Å². The number of carbonyl (C=O) groups is 1. The number of carboxylic acid groups (broad SMARTS) is 1. The maximum atomic E-state index is 9.24. The lowest BCUT2D eigenvalue weighted by molar-refractivity contribution is -0.135. The molecule has 3 N–H and O–H groups in total. The summed E-state index contributed by atoms with van der Waals surface area (Å²) in [5.74, 6) is -0.968. The highest BCUT2D eigenvalue weighted by Gasteiger charge is 1.85. The number of nitrogens with zero attached hydrogens (tertiary/aromatic N) is 1. The van der Waals surface area contributed by atoms with Crippen molar-refractivity contribution in [1.82, 2.24) is 0 Å². The van der Waals surface area contributed by atoms with Crippen molar-refractivity contribution in [2.24, 2.45) is 5.73 Å². The van der Waals surface area contributed by atoms with Gasteiger partial charge in [-0.25, -0.2) is 0 Å².